The van der Waals surface area contributed by atoms with Gasteiger partial charge in [-0.1, -0.05) is 11.1 Å². The molecule has 1 aromatic heterocycles. The highest BCUT2D eigenvalue weighted by Gasteiger charge is 2.54. The van der Waals surface area contributed by atoms with Crippen molar-refractivity contribution in [3.05, 3.63) is 22.3 Å². The number of nitrogens with zero attached hydrogens (tertiary/aromatic N) is 3. The Hall–Kier alpha value is -3.04. The predicted octanol–water partition coefficient (Wildman–Crippen LogP) is -0.552. The molecule has 0 aliphatic carbocycles. The Morgan fingerprint density at radius 3 is 2.89 bits per heavy atom. The van der Waals surface area contributed by atoms with Crippen LogP contribution in [0.25, 0.3) is 0 Å². The van der Waals surface area contributed by atoms with E-state index in [1.54, 1.807) is 0 Å². The number of amides is 2. The number of thioether (sulfide) groups is 1. The second-order valence-corrected chi connectivity index (χ2v) is 7.33. The third-order valence-electron chi connectivity index (χ3n) is 3.79. The van der Waals surface area contributed by atoms with Gasteiger partial charge in [0.25, 0.3) is 11.8 Å². The Labute approximate surface area is 161 Å². The highest BCUT2D eigenvalue weighted by atomic mass is 32.2. The van der Waals surface area contributed by atoms with Gasteiger partial charge in [-0.15, -0.1) is 29.5 Å². The second kappa shape index (κ2) is 7.29. The number of carboxylic acid groups (broad SMARTS) is 1. The Bertz CT molecular complexity index is 931. The molecule has 0 unspecified atom stereocenters. The molecule has 3 rings (SSSR count). The van der Waals surface area contributed by atoms with Crippen molar-refractivity contribution in [3.63, 3.8) is 0 Å². The summed E-state index contributed by atoms with van der Waals surface area (Å²) in [7, 11) is 1.27. The molecule has 0 bridgehead atoms. The quantitative estimate of drug-likeness (QED) is 0.255. The van der Waals surface area contributed by atoms with Gasteiger partial charge in [-0.3, -0.25) is 14.5 Å². The summed E-state index contributed by atoms with van der Waals surface area (Å²) in [4.78, 5) is 46.2. The van der Waals surface area contributed by atoms with Gasteiger partial charge in [0.05, 0.1) is 0 Å². The zero-order chi connectivity index (χ0) is 19.7. The van der Waals surface area contributed by atoms with Crippen molar-refractivity contribution >= 4 is 51.7 Å². The van der Waals surface area contributed by atoms with Crippen LogP contribution >= 0.6 is 23.1 Å². The van der Waals surface area contributed by atoms with Crippen LogP contribution in [0.1, 0.15) is 5.69 Å². The summed E-state index contributed by atoms with van der Waals surface area (Å²) in [6.07, 6.45) is 5.33. The molecule has 27 heavy (non-hydrogen) atoms. The summed E-state index contributed by atoms with van der Waals surface area (Å²) >= 11 is 2.39. The Morgan fingerprint density at radius 1 is 1.59 bits per heavy atom. The zero-order valence-electron chi connectivity index (χ0n) is 13.8. The first-order valence-corrected chi connectivity index (χ1v) is 9.33. The van der Waals surface area contributed by atoms with Crippen LogP contribution in [-0.2, 0) is 19.2 Å². The standard InChI is InChI=1S/C15H13N5O5S2/c1-3-6-4-26-13-9(12(22)20(13)10(6)14(23)24)18-11(21)8(19-25-2)7-5-27-15(16)17-7/h1,5,9,13H,4H2,2H3,(H2,16,17)(H,18,21)(H,23,24)/b19-8-/t9-,13-/m1/s1. The monoisotopic (exact) mass is 407 g/mol. The number of aromatic nitrogens is 1. The number of thiazole rings is 1. The molecular formula is C15H13N5O5S2. The number of rotatable bonds is 5. The first-order valence-electron chi connectivity index (χ1n) is 7.40. The van der Waals surface area contributed by atoms with Crippen molar-refractivity contribution in [1.82, 2.24) is 15.2 Å². The number of terminal acetylenes is 1. The lowest BCUT2D eigenvalue weighted by molar-refractivity contribution is -0.150. The molecule has 2 aliphatic rings. The molecule has 1 fully saturated rings. The highest BCUT2D eigenvalue weighted by Crippen LogP contribution is 2.40. The number of nitrogens with two attached hydrogens (primary N) is 1. The fourth-order valence-corrected chi connectivity index (χ4v) is 4.47. The van der Waals surface area contributed by atoms with Crippen LogP contribution in [0.3, 0.4) is 0 Å². The second-order valence-electron chi connectivity index (χ2n) is 5.33. The van der Waals surface area contributed by atoms with E-state index >= 15 is 0 Å². The lowest BCUT2D eigenvalue weighted by Gasteiger charge is -2.48. The van der Waals surface area contributed by atoms with Gasteiger partial charge < -0.3 is 21.0 Å². The van der Waals surface area contributed by atoms with E-state index in [0.717, 1.165) is 16.2 Å². The minimum Gasteiger partial charge on any atom is -0.477 e. The molecule has 0 radical (unpaired) electrons. The SMILES string of the molecule is C#CC1=C(C(=O)O)N2C(=O)[C@@H](NC(=O)/C(=N\OC)c3csc(N)n3)[C@H]2SC1. The van der Waals surface area contributed by atoms with Crippen molar-refractivity contribution in [2.45, 2.75) is 11.4 Å². The summed E-state index contributed by atoms with van der Waals surface area (Å²) in [5.74, 6) is 0.00209. The molecule has 0 saturated carbocycles. The molecule has 2 aliphatic heterocycles. The number of fused-ring (bicyclic) bond motifs is 1. The van der Waals surface area contributed by atoms with Crippen molar-refractivity contribution in [2.75, 3.05) is 18.6 Å². The van der Waals surface area contributed by atoms with E-state index in [4.69, 9.17) is 12.2 Å². The molecule has 1 saturated heterocycles. The largest absolute Gasteiger partial charge is 0.477 e. The zero-order valence-corrected chi connectivity index (χ0v) is 15.5. The predicted molar refractivity (Wildman–Crippen MR) is 98.6 cm³/mol. The molecule has 10 nitrogen and oxygen atoms in total. The van der Waals surface area contributed by atoms with Crippen molar-refractivity contribution in [2.24, 2.45) is 5.16 Å². The van der Waals surface area contributed by atoms with E-state index in [9.17, 15) is 19.5 Å². The first-order chi connectivity index (χ1) is 12.9. The maximum absolute atomic E-state index is 12.6. The minimum absolute atomic E-state index is 0.143. The van der Waals surface area contributed by atoms with Gasteiger partial charge in [0, 0.05) is 16.7 Å². The molecule has 3 heterocycles. The summed E-state index contributed by atoms with van der Waals surface area (Å²) in [5, 5.41) is 16.7. The molecule has 0 aromatic carbocycles. The van der Waals surface area contributed by atoms with E-state index in [1.165, 1.54) is 24.3 Å². The molecule has 4 N–H and O–H groups in total. The number of hydrogen-bond acceptors (Lipinski definition) is 9. The van der Waals surface area contributed by atoms with E-state index in [-0.39, 0.29) is 33.6 Å². The van der Waals surface area contributed by atoms with Gasteiger partial charge >= 0.3 is 5.97 Å². The van der Waals surface area contributed by atoms with Crippen LogP contribution in [0.5, 0.6) is 0 Å². The number of hydrogen-bond donors (Lipinski definition) is 3. The van der Waals surface area contributed by atoms with Crippen LogP contribution in [-0.4, -0.2) is 62.8 Å². The van der Waals surface area contributed by atoms with Gasteiger partial charge in [-0.25, -0.2) is 9.78 Å². The molecule has 12 heteroatoms. The first kappa shape index (κ1) is 18.7. The fourth-order valence-electron chi connectivity index (χ4n) is 2.63. The number of carbonyl (C=O) groups is 3. The fraction of sp³-hybridized carbons (Fsp3) is 0.267. The topological polar surface area (TPSA) is 147 Å². The van der Waals surface area contributed by atoms with E-state index in [2.05, 4.69) is 26.2 Å². The molecule has 140 valence electrons. The number of anilines is 1. The minimum atomic E-state index is -1.29. The van der Waals surface area contributed by atoms with Crippen LogP contribution in [0.2, 0.25) is 0 Å². The maximum atomic E-state index is 12.6. The summed E-state index contributed by atoms with van der Waals surface area (Å²) in [6.45, 7) is 0. The van der Waals surface area contributed by atoms with Gasteiger partial charge in [0.1, 0.15) is 29.9 Å². The number of nitrogen functional groups attached to an aromatic ring is 1. The molecule has 0 spiro atoms. The molecular weight excluding hydrogens is 394 g/mol. The number of oxime groups is 1. The van der Waals surface area contributed by atoms with E-state index in [0.29, 0.717) is 0 Å². The van der Waals surface area contributed by atoms with Gasteiger partial charge in [-0.05, 0) is 0 Å². The van der Waals surface area contributed by atoms with Gasteiger partial charge in [-0.2, -0.15) is 0 Å². The van der Waals surface area contributed by atoms with E-state index in [1.807, 2.05) is 0 Å². The van der Waals surface area contributed by atoms with Crippen LogP contribution in [0, 0.1) is 12.3 Å². The van der Waals surface area contributed by atoms with Crippen molar-refractivity contribution in [1.29, 1.82) is 0 Å². The van der Waals surface area contributed by atoms with Gasteiger partial charge in [0.15, 0.2) is 10.8 Å². The lowest BCUT2D eigenvalue weighted by atomic mass is 10.0. The summed E-state index contributed by atoms with van der Waals surface area (Å²) in [6, 6.07) is -0.922. The summed E-state index contributed by atoms with van der Waals surface area (Å²) in [5.41, 5.74) is 5.63. The van der Waals surface area contributed by atoms with Crippen LogP contribution in [0.15, 0.2) is 21.8 Å². The Morgan fingerprint density at radius 2 is 2.33 bits per heavy atom. The number of nitrogens with one attached hydrogen (secondary N) is 1. The molecule has 2 amide bonds. The van der Waals surface area contributed by atoms with E-state index < -0.39 is 29.2 Å². The number of aliphatic carboxylic acids is 1. The Balaban J connectivity index is 1.80. The highest BCUT2D eigenvalue weighted by molar-refractivity contribution is 8.00. The number of β-lactam (4-membered cyclic amide) rings is 1. The van der Waals surface area contributed by atoms with Crippen molar-refractivity contribution < 1.29 is 24.3 Å². The third-order valence-corrected chi connectivity index (χ3v) is 5.75. The summed E-state index contributed by atoms with van der Waals surface area (Å²) < 4.78 is 0. The van der Waals surface area contributed by atoms with Crippen molar-refractivity contribution in [3.8, 4) is 12.3 Å². The average molecular weight is 407 g/mol. The van der Waals surface area contributed by atoms with Gasteiger partial charge in [0.2, 0.25) is 0 Å². The average Bonchev–Trinajstić information content (AvgIpc) is 3.08. The number of carbonyl (C=O) groups excluding carboxylic acids is 2. The smallest absolute Gasteiger partial charge is 0.353 e. The molecule has 1 aromatic rings. The lowest BCUT2D eigenvalue weighted by Crippen LogP contribution is -2.71. The van der Waals surface area contributed by atoms with Crippen LogP contribution < -0.4 is 11.1 Å². The third kappa shape index (κ3) is 3.22. The number of carboxylic acids is 1. The maximum Gasteiger partial charge on any atom is 0.353 e. The molecule has 2 atom stereocenters. The Kier molecular flexibility index (Phi) is 5.06. The van der Waals surface area contributed by atoms with Crippen LogP contribution in [0.4, 0.5) is 5.13 Å². The normalized spacial score (nSPS) is 21.9.